The molecule has 0 radical (unpaired) electrons. The number of nitrogens with zero attached hydrogens (tertiary/aromatic N) is 3. The topological polar surface area (TPSA) is 42.7 Å². The molecule has 1 aliphatic heterocycles. The summed E-state index contributed by atoms with van der Waals surface area (Å²) in [5, 5.41) is 3.47. The first-order chi connectivity index (χ1) is 8.21. The zero-order chi connectivity index (χ0) is 11.9. The summed E-state index contributed by atoms with van der Waals surface area (Å²) in [7, 11) is 2.07. The first kappa shape index (κ1) is 10.7. The van der Waals surface area contributed by atoms with Crippen molar-refractivity contribution in [2.75, 3.05) is 13.1 Å². The molecule has 2 aromatic rings. The summed E-state index contributed by atoms with van der Waals surface area (Å²) in [5.41, 5.74) is 2.11. The van der Waals surface area contributed by atoms with Crippen LogP contribution in [0.2, 0.25) is 0 Å². The summed E-state index contributed by atoms with van der Waals surface area (Å²) in [6.07, 6.45) is 4.24. The number of nitrogens with one attached hydrogen (secondary N) is 1. The van der Waals surface area contributed by atoms with Crippen molar-refractivity contribution in [3.8, 4) is 0 Å². The lowest BCUT2D eigenvalue weighted by Crippen LogP contribution is -2.42. The molecule has 17 heavy (non-hydrogen) atoms. The van der Waals surface area contributed by atoms with E-state index in [0.29, 0.717) is 0 Å². The molecule has 90 valence electrons. The average Bonchev–Trinajstić information content (AvgIpc) is 2.69. The number of imidazole rings is 1. The number of aromatic nitrogens is 3. The van der Waals surface area contributed by atoms with E-state index in [-0.39, 0.29) is 5.41 Å². The van der Waals surface area contributed by atoms with Gasteiger partial charge in [-0.05, 0) is 31.5 Å². The Hall–Kier alpha value is -1.42. The van der Waals surface area contributed by atoms with E-state index in [9.17, 15) is 0 Å². The highest BCUT2D eigenvalue weighted by Gasteiger charge is 2.33. The SMILES string of the molecule is Cn1c(C2(C)CCCNC2)nc2cccnc21. The molecule has 0 amide bonds. The molecule has 0 spiro atoms. The van der Waals surface area contributed by atoms with E-state index >= 15 is 0 Å². The molecular formula is C13H18N4. The molecule has 1 saturated heterocycles. The van der Waals surface area contributed by atoms with Crippen LogP contribution in [0.1, 0.15) is 25.6 Å². The van der Waals surface area contributed by atoms with Crippen molar-refractivity contribution in [2.24, 2.45) is 7.05 Å². The maximum Gasteiger partial charge on any atom is 0.159 e. The quantitative estimate of drug-likeness (QED) is 0.809. The highest BCUT2D eigenvalue weighted by molar-refractivity contribution is 5.71. The van der Waals surface area contributed by atoms with E-state index < -0.39 is 0 Å². The maximum atomic E-state index is 4.77. The van der Waals surface area contributed by atoms with Gasteiger partial charge in [0.25, 0.3) is 0 Å². The predicted octanol–water partition coefficient (Wildman–Crippen LogP) is 1.61. The molecule has 1 unspecified atom stereocenters. The fourth-order valence-electron chi connectivity index (χ4n) is 2.81. The number of piperidine rings is 1. The van der Waals surface area contributed by atoms with Crippen molar-refractivity contribution in [3.05, 3.63) is 24.2 Å². The number of hydrogen-bond donors (Lipinski definition) is 1. The zero-order valence-electron chi connectivity index (χ0n) is 10.4. The Labute approximate surface area is 101 Å². The molecule has 4 heteroatoms. The van der Waals surface area contributed by atoms with Crippen LogP contribution in [-0.4, -0.2) is 27.6 Å². The number of fused-ring (bicyclic) bond motifs is 1. The molecule has 1 aliphatic rings. The van der Waals surface area contributed by atoms with Gasteiger partial charge in [-0.1, -0.05) is 6.92 Å². The fraction of sp³-hybridized carbons (Fsp3) is 0.538. The van der Waals surface area contributed by atoms with Crippen LogP contribution in [0.5, 0.6) is 0 Å². The largest absolute Gasteiger partial charge is 0.316 e. The first-order valence-corrected chi connectivity index (χ1v) is 6.19. The van der Waals surface area contributed by atoms with Crippen molar-refractivity contribution in [2.45, 2.75) is 25.2 Å². The number of aryl methyl sites for hydroxylation is 1. The molecular weight excluding hydrogens is 212 g/mol. The highest BCUT2D eigenvalue weighted by Crippen LogP contribution is 2.31. The van der Waals surface area contributed by atoms with Gasteiger partial charge in [0.2, 0.25) is 0 Å². The lowest BCUT2D eigenvalue weighted by molar-refractivity contribution is 0.318. The van der Waals surface area contributed by atoms with Crippen LogP contribution in [-0.2, 0) is 12.5 Å². The van der Waals surface area contributed by atoms with Gasteiger partial charge in [0.05, 0.1) is 0 Å². The summed E-state index contributed by atoms with van der Waals surface area (Å²) in [6, 6.07) is 3.98. The predicted molar refractivity (Wildman–Crippen MR) is 68.0 cm³/mol. The van der Waals surface area contributed by atoms with E-state index in [2.05, 4.69) is 28.8 Å². The minimum absolute atomic E-state index is 0.133. The van der Waals surface area contributed by atoms with E-state index in [1.165, 1.54) is 12.8 Å². The van der Waals surface area contributed by atoms with Crippen LogP contribution in [0.4, 0.5) is 0 Å². The van der Waals surface area contributed by atoms with Crippen LogP contribution in [0.15, 0.2) is 18.3 Å². The average molecular weight is 230 g/mol. The van der Waals surface area contributed by atoms with Crippen molar-refractivity contribution in [3.63, 3.8) is 0 Å². The second-order valence-corrected chi connectivity index (χ2v) is 5.18. The van der Waals surface area contributed by atoms with Crippen LogP contribution in [0, 0.1) is 0 Å². The third-order valence-corrected chi connectivity index (χ3v) is 3.76. The molecule has 0 aromatic carbocycles. The minimum Gasteiger partial charge on any atom is -0.316 e. The van der Waals surface area contributed by atoms with Gasteiger partial charge in [-0.3, -0.25) is 0 Å². The molecule has 0 aliphatic carbocycles. The number of hydrogen-bond acceptors (Lipinski definition) is 3. The summed E-state index contributed by atoms with van der Waals surface area (Å²) < 4.78 is 2.14. The summed E-state index contributed by atoms with van der Waals surface area (Å²) in [4.78, 5) is 9.18. The van der Waals surface area contributed by atoms with Crippen LogP contribution < -0.4 is 5.32 Å². The standard InChI is InChI=1S/C13H18N4/c1-13(6-4-7-14-9-13)12-16-10-5-3-8-15-11(10)17(12)2/h3,5,8,14H,4,6-7,9H2,1-2H3. The third kappa shape index (κ3) is 1.63. The lowest BCUT2D eigenvalue weighted by Gasteiger charge is -2.33. The summed E-state index contributed by atoms with van der Waals surface area (Å²) in [5.74, 6) is 1.15. The van der Waals surface area contributed by atoms with Gasteiger partial charge in [-0.15, -0.1) is 0 Å². The van der Waals surface area contributed by atoms with Crippen LogP contribution >= 0.6 is 0 Å². The Morgan fingerprint density at radius 3 is 3.06 bits per heavy atom. The molecule has 1 N–H and O–H groups in total. The van der Waals surface area contributed by atoms with Gasteiger partial charge in [0.15, 0.2) is 5.65 Å². The molecule has 4 nitrogen and oxygen atoms in total. The molecule has 0 saturated carbocycles. The normalized spacial score (nSPS) is 25.3. The Balaban J connectivity index is 2.13. The van der Waals surface area contributed by atoms with Crippen molar-refractivity contribution in [1.82, 2.24) is 19.9 Å². The fourth-order valence-corrected chi connectivity index (χ4v) is 2.81. The first-order valence-electron chi connectivity index (χ1n) is 6.19. The zero-order valence-corrected chi connectivity index (χ0v) is 10.4. The Morgan fingerprint density at radius 2 is 2.35 bits per heavy atom. The van der Waals surface area contributed by atoms with Crippen molar-refractivity contribution >= 4 is 11.2 Å². The molecule has 0 bridgehead atoms. The smallest absolute Gasteiger partial charge is 0.159 e. The van der Waals surface area contributed by atoms with E-state index in [1.54, 1.807) is 0 Å². The van der Waals surface area contributed by atoms with Gasteiger partial charge in [-0.2, -0.15) is 0 Å². The van der Waals surface area contributed by atoms with Gasteiger partial charge in [0, 0.05) is 25.2 Å². The van der Waals surface area contributed by atoms with Crippen molar-refractivity contribution in [1.29, 1.82) is 0 Å². The molecule has 2 aromatic heterocycles. The minimum atomic E-state index is 0.133. The molecule has 3 rings (SSSR count). The molecule has 1 atom stereocenters. The van der Waals surface area contributed by atoms with E-state index in [4.69, 9.17) is 4.98 Å². The summed E-state index contributed by atoms with van der Waals surface area (Å²) in [6.45, 7) is 4.42. The third-order valence-electron chi connectivity index (χ3n) is 3.76. The number of rotatable bonds is 1. The lowest BCUT2D eigenvalue weighted by atomic mass is 9.82. The second-order valence-electron chi connectivity index (χ2n) is 5.18. The Morgan fingerprint density at radius 1 is 1.47 bits per heavy atom. The van der Waals surface area contributed by atoms with E-state index in [0.717, 1.165) is 30.1 Å². The maximum absolute atomic E-state index is 4.77. The molecule has 3 heterocycles. The van der Waals surface area contributed by atoms with Gasteiger partial charge in [-0.25, -0.2) is 9.97 Å². The highest BCUT2D eigenvalue weighted by atomic mass is 15.1. The van der Waals surface area contributed by atoms with Gasteiger partial charge >= 0.3 is 0 Å². The summed E-state index contributed by atoms with van der Waals surface area (Å²) >= 11 is 0. The van der Waals surface area contributed by atoms with Crippen molar-refractivity contribution < 1.29 is 0 Å². The van der Waals surface area contributed by atoms with Gasteiger partial charge < -0.3 is 9.88 Å². The monoisotopic (exact) mass is 230 g/mol. The number of pyridine rings is 1. The van der Waals surface area contributed by atoms with Crippen LogP contribution in [0.25, 0.3) is 11.2 Å². The second kappa shape index (κ2) is 3.81. The Kier molecular flexibility index (Phi) is 2.40. The molecule has 1 fully saturated rings. The Bertz CT molecular complexity index is 537. The van der Waals surface area contributed by atoms with Crippen LogP contribution in [0.3, 0.4) is 0 Å². The van der Waals surface area contributed by atoms with E-state index in [1.807, 2.05) is 18.3 Å². The van der Waals surface area contributed by atoms with Gasteiger partial charge in [0.1, 0.15) is 11.3 Å².